The SMILES string of the molecule is c1cncc(N2CCOCC3(CCCN(Cc4ccco4)C3)C2)c1. The van der Waals surface area contributed by atoms with Gasteiger partial charge in [0.25, 0.3) is 0 Å². The third-order valence-corrected chi connectivity index (χ3v) is 5.15. The Morgan fingerprint density at radius 2 is 2.17 bits per heavy atom. The number of likely N-dealkylation sites (tertiary alicyclic amines) is 1. The highest BCUT2D eigenvalue weighted by Gasteiger charge is 2.39. The van der Waals surface area contributed by atoms with Crippen LogP contribution in [0.2, 0.25) is 0 Å². The molecule has 2 aliphatic rings. The predicted octanol–water partition coefficient (Wildman–Crippen LogP) is 2.79. The first-order valence-corrected chi connectivity index (χ1v) is 8.81. The van der Waals surface area contributed by atoms with E-state index in [0.29, 0.717) is 0 Å². The molecule has 5 heteroatoms. The number of rotatable bonds is 3. The molecule has 2 fully saturated rings. The molecule has 2 aromatic rings. The zero-order chi connectivity index (χ0) is 16.2. The molecule has 1 atom stereocenters. The summed E-state index contributed by atoms with van der Waals surface area (Å²) in [5, 5.41) is 0. The first-order valence-electron chi connectivity index (χ1n) is 8.81. The lowest BCUT2D eigenvalue weighted by Crippen LogP contribution is -2.50. The summed E-state index contributed by atoms with van der Waals surface area (Å²) in [5.74, 6) is 1.05. The van der Waals surface area contributed by atoms with Crippen molar-refractivity contribution in [3.63, 3.8) is 0 Å². The topological polar surface area (TPSA) is 41.7 Å². The van der Waals surface area contributed by atoms with Crippen LogP contribution in [0.25, 0.3) is 0 Å². The zero-order valence-electron chi connectivity index (χ0n) is 14.1. The maximum absolute atomic E-state index is 6.01. The van der Waals surface area contributed by atoms with Gasteiger partial charge in [0.15, 0.2) is 0 Å². The Labute approximate surface area is 143 Å². The second-order valence-electron chi connectivity index (χ2n) is 7.08. The van der Waals surface area contributed by atoms with Gasteiger partial charge in [0.1, 0.15) is 5.76 Å². The van der Waals surface area contributed by atoms with Gasteiger partial charge in [-0.1, -0.05) is 0 Å². The van der Waals surface area contributed by atoms with Crippen molar-refractivity contribution in [1.82, 2.24) is 9.88 Å². The Hall–Kier alpha value is -1.85. The largest absolute Gasteiger partial charge is 0.468 e. The highest BCUT2D eigenvalue weighted by Crippen LogP contribution is 2.35. The van der Waals surface area contributed by atoms with Crippen LogP contribution in [0.4, 0.5) is 5.69 Å². The molecule has 0 radical (unpaired) electrons. The van der Waals surface area contributed by atoms with Gasteiger partial charge in [0.05, 0.1) is 37.9 Å². The van der Waals surface area contributed by atoms with Crippen molar-refractivity contribution in [3.05, 3.63) is 48.7 Å². The highest BCUT2D eigenvalue weighted by atomic mass is 16.5. The summed E-state index contributed by atoms with van der Waals surface area (Å²) in [6.07, 6.45) is 7.99. The van der Waals surface area contributed by atoms with E-state index in [1.54, 1.807) is 6.26 Å². The van der Waals surface area contributed by atoms with Crippen molar-refractivity contribution < 1.29 is 9.15 Å². The molecule has 2 aromatic heterocycles. The molecule has 24 heavy (non-hydrogen) atoms. The van der Waals surface area contributed by atoms with Gasteiger partial charge in [0, 0.05) is 31.2 Å². The zero-order valence-corrected chi connectivity index (χ0v) is 14.1. The Morgan fingerprint density at radius 3 is 3.00 bits per heavy atom. The summed E-state index contributed by atoms with van der Waals surface area (Å²) in [7, 11) is 0. The average Bonchev–Trinajstić information content (AvgIpc) is 3.03. The Kier molecular flexibility index (Phi) is 4.54. The van der Waals surface area contributed by atoms with Crippen LogP contribution in [-0.4, -0.2) is 49.3 Å². The lowest BCUT2D eigenvalue weighted by atomic mass is 9.80. The minimum Gasteiger partial charge on any atom is -0.468 e. The normalized spacial score (nSPS) is 25.8. The molecule has 2 saturated heterocycles. The molecule has 4 rings (SSSR count). The van der Waals surface area contributed by atoms with Gasteiger partial charge in [-0.3, -0.25) is 9.88 Å². The summed E-state index contributed by atoms with van der Waals surface area (Å²) in [5.41, 5.74) is 1.39. The quantitative estimate of drug-likeness (QED) is 0.867. The van der Waals surface area contributed by atoms with Crippen LogP contribution in [0.5, 0.6) is 0 Å². The standard InChI is InChI=1S/C19H25N3O2/c1-4-17(12-20-7-1)22-9-11-23-16-19(15-22)6-3-8-21(14-19)13-18-5-2-10-24-18/h1-2,4-5,7,10,12H,3,6,8-9,11,13-16H2. The number of nitrogens with zero attached hydrogens (tertiary/aromatic N) is 3. The van der Waals surface area contributed by atoms with Crippen LogP contribution in [0, 0.1) is 5.41 Å². The van der Waals surface area contributed by atoms with Gasteiger partial charge in [0.2, 0.25) is 0 Å². The molecule has 0 saturated carbocycles. The number of hydrogen-bond acceptors (Lipinski definition) is 5. The van der Waals surface area contributed by atoms with E-state index in [4.69, 9.17) is 9.15 Å². The third kappa shape index (κ3) is 3.47. The van der Waals surface area contributed by atoms with E-state index in [1.807, 2.05) is 24.5 Å². The van der Waals surface area contributed by atoms with Gasteiger partial charge in [-0.25, -0.2) is 0 Å². The molecule has 128 valence electrons. The summed E-state index contributed by atoms with van der Waals surface area (Å²) < 4.78 is 11.5. The van der Waals surface area contributed by atoms with Gasteiger partial charge >= 0.3 is 0 Å². The Bertz CT molecular complexity index is 631. The lowest BCUT2D eigenvalue weighted by Gasteiger charge is -2.43. The monoisotopic (exact) mass is 327 g/mol. The molecule has 2 aliphatic heterocycles. The van der Waals surface area contributed by atoms with Gasteiger partial charge in [-0.05, 0) is 43.7 Å². The molecule has 0 bridgehead atoms. The first kappa shape index (κ1) is 15.7. The van der Waals surface area contributed by atoms with Crippen molar-refractivity contribution in [2.24, 2.45) is 5.41 Å². The van der Waals surface area contributed by atoms with Crippen molar-refractivity contribution in [2.45, 2.75) is 19.4 Å². The minimum atomic E-state index is 0.192. The molecule has 4 heterocycles. The summed E-state index contributed by atoms with van der Waals surface area (Å²) >= 11 is 0. The van der Waals surface area contributed by atoms with E-state index in [2.05, 4.69) is 26.9 Å². The number of hydrogen-bond donors (Lipinski definition) is 0. The maximum atomic E-state index is 6.01. The molecule has 0 N–H and O–H groups in total. The fourth-order valence-electron chi connectivity index (χ4n) is 4.07. The molecule has 0 amide bonds. The smallest absolute Gasteiger partial charge is 0.117 e. The number of piperidine rings is 1. The second-order valence-corrected chi connectivity index (χ2v) is 7.08. The molecule has 5 nitrogen and oxygen atoms in total. The minimum absolute atomic E-state index is 0.192. The van der Waals surface area contributed by atoms with Crippen molar-refractivity contribution >= 4 is 5.69 Å². The first-order chi connectivity index (χ1) is 11.8. The number of furan rings is 1. The maximum Gasteiger partial charge on any atom is 0.117 e. The van der Waals surface area contributed by atoms with E-state index < -0.39 is 0 Å². The van der Waals surface area contributed by atoms with Crippen molar-refractivity contribution in [2.75, 3.05) is 44.3 Å². The summed E-state index contributed by atoms with van der Waals surface area (Å²) in [4.78, 5) is 9.24. The Balaban J connectivity index is 1.49. The molecular weight excluding hydrogens is 302 g/mol. The molecule has 1 spiro atoms. The molecular formula is C19H25N3O2. The van der Waals surface area contributed by atoms with Crippen molar-refractivity contribution in [3.8, 4) is 0 Å². The fourth-order valence-corrected chi connectivity index (χ4v) is 4.07. The van der Waals surface area contributed by atoms with Crippen LogP contribution in [0.3, 0.4) is 0 Å². The second kappa shape index (κ2) is 6.95. The van der Waals surface area contributed by atoms with E-state index >= 15 is 0 Å². The van der Waals surface area contributed by atoms with Gasteiger partial charge in [-0.2, -0.15) is 0 Å². The molecule has 0 aromatic carbocycles. The highest BCUT2D eigenvalue weighted by molar-refractivity contribution is 5.44. The number of ether oxygens (including phenoxy) is 1. The van der Waals surface area contributed by atoms with E-state index in [-0.39, 0.29) is 5.41 Å². The third-order valence-electron chi connectivity index (χ3n) is 5.15. The van der Waals surface area contributed by atoms with Crippen molar-refractivity contribution in [1.29, 1.82) is 0 Å². The fraction of sp³-hybridized carbons (Fsp3) is 0.526. The van der Waals surface area contributed by atoms with E-state index in [0.717, 1.165) is 51.7 Å². The van der Waals surface area contributed by atoms with Crippen LogP contribution in [-0.2, 0) is 11.3 Å². The summed E-state index contributed by atoms with van der Waals surface area (Å²) in [6.45, 7) is 6.69. The molecule has 0 aliphatic carbocycles. The lowest BCUT2D eigenvalue weighted by molar-refractivity contribution is 0.00881. The van der Waals surface area contributed by atoms with Crippen LogP contribution >= 0.6 is 0 Å². The van der Waals surface area contributed by atoms with E-state index in [1.165, 1.54) is 18.5 Å². The summed E-state index contributed by atoms with van der Waals surface area (Å²) in [6, 6.07) is 8.19. The van der Waals surface area contributed by atoms with E-state index in [9.17, 15) is 0 Å². The van der Waals surface area contributed by atoms with Gasteiger partial charge in [-0.15, -0.1) is 0 Å². The van der Waals surface area contributed by atoms with Crippen LogP contribution in [0.1, 0.15) is 18.6 Å². The Morgan fingerprint density at radius 1 is 1.17 bits per heavy atom. The van der Waals surface area contributed by atoms with Gasteiger partial charge < -0.3 is 14.1 Å². The number of aromatic nitrogens is 1. The molecule has 1 unspecified atom stereocenters. The average molecular weight is 327 g/mol. The van der Waals surface area contributed by atoms with Crippen LogP contribution < -0.4 is 4.90 Å². The number of anilines is 1. The predicted molar refractivity (Wildman–Crippen MR) is 92.9 cm³/mol. The van der Waals surface area contributed by atoms with Crippen LogP contribution in [0.15, 0.2) is 47.3 Å². The number of pyridine rings is 1.